The minimum Gasteiger partial charge on any atom is -0.369 e. The Bertz CT molecular complexity index is 887. The van der Waals surface area contributed by atoms with Crippen LogP contribution in [0.5, 0.6) is 0 Å². The summed E-state index contributed by atoms with van der Waals surface area (Å²) < 4.78 is 15.0. The molecule has 26 heavy (non-hydrogen) atoms. The van der Waals surface area contributed by atoms with Crippen LogP contribution in [0.15, 0.2) is 48.7 Å². The van der Waals surface area contributed by atoms with Crippen LogP contribution in [-0.2, 0) is 19.5 Å². The van der Waals surface area contributed by atoms with Gasteiger partial charge in [-0.1, -0.05) is 18.2 Å². The third-order valence-electron chi connectivity index (χ3n) is 4.80. The first-order valence-corrected chi connectivity index (χ1v) is 8.96. The SMILES string of the molecule is CCn1nc(NCc2ccc(F)cc2)cc1CC1CNc2ncccc21. The zero-order chi connectivity index (χ0) is 17.9. The molecule has 0 radical (unpaired) electrons. The van der Waals surface area contributed by atoms with Gasteiger partial charge in [-0.3, -0.25) is 4.68 Å². The zero-order valence-electron chi connectivity index (χ0n) is 14.7. The number of halogens is 1. The van der Waals surface area contributed by atoms with E-state index in [0.29, 0.717) is 12.5 Å². The van der Waals surface area contributed by atoms with Crippen LogP contribution < -0.4 is 10.6 Å². The van der Waals surface area contributed by atoms with Crippen LogP contribution in [0.25, 0.3) is 0 Å². The van der Waals surface area contributed by atoms with Gasteiger partial charge in [0.15, 0.2) is 0 Å². The Kier molecular flexibility index (Phi) is 4.56. The summed E-state index contributed by atoms with van der Waals surface area (Å²) in [5.74, 6) is 2.04. The molecule has 1 aromatic carbocycles. The Morgan fingerprint density at radius 1 is 1.27 bits per heavy atom. The van der Waals surface area contributed by atoms with Gasteiger partial charge in [-0.2, -0.15) is 5.10 Å². The fourth-order valence-corrected chi connectivity index (χ4v) is 3.43. The second-order valence-electron chi connectivity index (χ2n) is 6.54. The highest BCUT2D eigenvalue weighted by molar-refractivity contribution is 5.52. The normalized spacial score (nSPS) is 15.5. The van der Waals surface area contributed by atoms with E-state index in [2.05, 4.69) is 39.8 Å². The Labute approximate surface area is 152 Å². The average Bonchev–Trinajstić information content (AvgIpc) is 3.26. The van der Waals surface area contributed by atoms with Crippen molar-refractivity contribution in [3.8, 4) is 0 Å². The van der Waals surface area contributed by atoms with Gasteiger partial charge >= 0.3 is 0 Å². The third kappa shape index (κ3) is 3.40. The summed E-state index contributed by atoms with van der Waals surface area (Å²) in [6.45, 7) is 4.45. The van der Waals surface area contributed by atoms with Gasteiger partial charge in [0.1, 0.15) is 17.5 Å². The largest absolute Gasteiger partial charge is 0.369 e. The lowest BCUT2D eigenvalue weighted by Gasteiger charge is -2.10. The van der Waals surface area contributed by atoms with E-state index >= 15 is 0 Å². The molecule has 5 nitrogen and oxygen atoms in total. The zero-order valence-corrected chi connectivity index (χ0v) is 14.7. The van der Waals surface area contributed by atoms with Crippen molar-refractivity contribution in [3.05, 3.63) is 71.3 Å². The number of anilines is 2. The summed E-state index contributed by atoms with van der Waals surface area (Å²) in [6.07, 6.45) is 2.74. The summed E-state index contributed by atoms with van der Waals surface area (Å²) in [4.78, 5) is 4.40. The van der Waals surface area contributed by atoms with E-state index in [1.165, 1.54) is 23.4 Å². The molecular weight excluding hydrogens is 329 g/mol. The molecule has 4 rings (SSSR count). The van der Waals surface area contributed by atoms with Crippen molar-refractivity contribution in [3.63, 3.8) is 0 Å². The molecule has 0 fully saturated rings. The molecule has 0 spiro atoms. The molecule has 0 amide bonds. The summed E-state index contributed by atoms with van der Waals surface area (Å²) in [7, 11) is 0. The van der Waals surface area contributed by atoms with E-state index in [1.807, 2.05) is 16.9 Å². The number of aromatic nitrogens is 3. The van der Waals surface area contributed by atoms with Crippen LogP contribution >= 0.6 is 0 Å². The molecule has 3 aromatic rings. The first-order valence-electron chi connectivity index (χ1n) is 8.96. The van der Waals surface area contributed by atoms with E-state index in [0.717, 1.165) is 36.7 Å². The summed E-state index contributed by atoms with van der Waals surface area (Å²) in [5, 5.41) is 11.4. The van der Waals surface area contributed by atoms with Gasteiger partial charge in [0.05, 0.1) is 0 Å². The Morgan fingerprint density at radius 2 is 2.12 bits per heavy atom. The van der Waals surface area contributed by atoms with Crippen molar-refractivity contribution in [2.24, 2.45) is 0 Å². The summed E-state index contributed by atoms with van der Waals surface area (Å²) in [6, 6.07) is 12.8. The fourth-order valence-electron chi connectivity index (χ4n) is 3.43. The topological polar surface area (TPSA) is 54.8 Å². The lowest BCUT2D eigenvalue weighted by molar-refractivity contribution is 0.597. The number of benzene rings is 1. The molecule has 0 saturated heterocycles. The van der Waals surface area contributed by atoms with Crippen molar-refractivity contribution in [2.45, 2.75) is 32.4 Å². The fraction of sp³-hybridized carbons (Fsp3) is 0.300. The van der Waals surface area contributed by atoms with Crippen molar-refractivity contribution in [1.82, 2.24) is 14.8 Å². The van der Waals surface area contributed by atoms with Crippen LogP contribution in [0, 0.1) is 5.82 Å². The number of nitrogens with zero attached hydrogens (tertiary/aromatic N) is 3. The van der Waals surface area contributed by atoms with E-state index in [9.17, 15) is 4.39 Å². The minimum absolute atomic E-state index is 0.216. The number of hydrogen-bond acceptors (Lipinski definition) is 4. The van der Waals surface area contributed by atoms with Crippen LogP contribution in [0.3, 0.4) is 0 Å². The second kappa shape index (κ2) is 7.15. The maximum Gasteiger partial charge on any atom is 0.148 e. The molecule has 1 atom stereocenters. The molecule has 6 heteroatoms. The first kappa shape index (κ1) is 16.6. The lowest BCUT2D eigenvalue weighted by atomic mass is 9.97. The Morgan fingerprint density at radius 3 is 2.92 bits per heavy atom. The van der Waals surface area contributed by atoms with E-state index in [-0.39, 0.29) is 5.82 Å². The molecular formula is C20H22FN5. The van der Waals surface area contributed by atoms with Gasteiger partial charge < -0.3 is 10.6 Å². The maximum atomic E-state index is 13.0. The van der Waals surface area contributed by atoms with Crippen molar-refractivity contribution in [2.75, 3.05) is 17.2 Å². The highest BCUT2D eigenvalue weighted by Crippen LogP contribution is 2.32. The van der Waals surface area contributed by atoms with Gasteiger partial charge in [-0.15, -0.1) is 0 Å². The van der Waals surface area contributed by atoms with Gasteiger partial charge in [0, 0.05) is 43.5 Å². The van der Waals surface area contributed by atoms with E-state index < -0.39 is 0 Å². The molecule has 1 aliphatic rings. The Balaban J connectivity index is 1.46. The van der Waals surface area contributed by atoms with Gasteiger partial charge in [-0.25, -0.2) is 9.37 Å². The highest BCUT2D eigenvalue weighted by Gasteiger charge is 2.24. The number of nitrogens with one attached hydrogen (secondary N) is 2. The van der Waals surface area contributed by atoms with Crippen LogP contribution in [0.2, 0.25) is 0 Å². The lowest BCUT2D eigenvalue weighted by Crippen LogP contribution is -2.10. The maximum absolute atomic E-state index is 13.0. The molecule has 0 saturated carbocycles. The third-order valence-corrected chi connectivity index (χ3v) is 4.80. The monoisotopic (exact) mass is 351 g/mol. The molecule has 0 bridgehead atoms. The summed E-state index contributed by atoms with van der Waals surface area (Å²) in [5.41, 5.74) is 3.51. The van der Waals surface area contributed by atoms with E-state index in [4.69, 9.17) is 0 Å². The number of aryl methyl sites for hydroxylation is 1. The van der Waals surface area contributed by atoms with E-state index in [1.54, 1.807) is 12.1 Å². The molecule has 0 aliphatic carbocycles. The number of rotatable bonds is 6. The quantitative estimate of drug-likeness (QED) is 0.709. The highest BCUT2D eigenvalue weighted by atomic mass is 19.1. The average molecular weight is 351 g/mol. The number of fused-ring (bicyclic) bond motifs is 1. The van der Waals surface area contributed by atoms with Crippen LogP contribution in [-0.4, -0.2) is 21.3 Å². The summed E-state index contributed by atoms with van der Waals surface area (Å²) >= 11 is 0. The van der Waals surface area contributed by atoms with Crippen LogP contribution in [0.4, 0.5) is 16.0 Å². The predicted octanol–water partition coefficient (Wildman–Crippen LogP) is 3.80. The molecule has 1 aliphatic heterocycles. The van der Waals surface area contributed by atoms with Crippen molar-refractivity contribution in [1.29, 1.82) is 0 Å². The molecule has 2 aromatic heterocycles. The smallest absolute Gasteiger partial charge is 0.148 e. The van der Waals surface area contributed by atoms with Gasteiger partial charge in [0.2, 0.25) is 0 Å². The first-order chi connectivity index (χ1) is 12.7. The van der Waals surface area contributed by atoms with Crippen molar-refractivity contribution < 1.29 is 4.39 Å². The molecule has 134 valence electrons. The molecule has 3 heterocycles. The Hall–Kier alpha value is -2.89. The molecule has 1 unspecified atom stereocenters. The number of pyridine rings is 1. The van der Waals surface area contributed by atoms with Gasteiger partial charge in [-0.05, 0) is 42.7 Å². The minimum atomic E-state index is -0.216. The standard InChI is InChI=1S/C20H22FN5/c1-2-26-17(10-15-13-24-20-18(15)4-3-9-22-20)11-19(25-26)23-12-14-5-7-16(21)8-6-14/h3-9,11,15H,2,10,12-13H2,1H3,(H,22,24)(H,23,25). The van der Waals surface area contributed by atoms with Crippen LogP contribution in [0.1, 0.15) is 29.7 Å². The predicted molar refractivity (Wildman–Crippen MR) is 101 cm³/mol. The second-order valence-corrected chi connectivity index (χ2v) is 6.54. The molecule has 2 N–H and O–H groups in total. The van der Waals surface area contributed by atoms with Crippen molar-refractivity contribution >= 4 is 11.6 Å². The number of hydrogen-bond donors (Lipinski definition) is 2. The van der Waals surface area contributed by atoms with Gasteiger partial charge in [0.25, 0.3) is 0 Å².